The van der Waals surface area contributed by atoms with Crippen molar-refractivity contribution in [1.29, 1.82) is 5.26 Å². The van der Waals surface area contributed by atoms with E-state index in [-0.39, 0.29) is 17.7 Å². The number of fused-ring (bicyclic) bond motifs is 1. The van der Waals surface area contributed by atoms with Crippen LogP contribution in [0.4, 0.5) is 23.7 Å². The lowest BCUT2D eigenvalue weighted by Crippen LogP contribution is -2.32. The number of nitrogens with one attached hydrogen (secondary N) is 1. The van der Waals surface area contributed by atoms with Crippen LogP contribution in [0.1, 0.15) is 37.8 Å². The Bertz CT molecular complexity index is 1510. The number of amides is 1. The molecule has 8 nitrogen and oxygen atoms in total. The molecule has 1 atom stereocenters. The highest BCUT2D eigenvalue weighted by atomic mass is 19.4. The summed E-state index contributed by atoms with van der Waals surface area (Å²) in [5.74, 6) is 0.531. The summed E-state index contributed by atoms with van der Waals surface area (Å²) in [4.78, 5) is 20.1. The fraction of sp³-hybridized carbons (Fsp3) is 0.259. The Morgan fingerprint density at radius 3 is 2.47 bits per heavy atom. The standard InChI is InChI=1S/C27H22F3N5O3/c1-16(27(28,29)30)37-26(36)34-18-8-6-17(7-9-18)24-22(15-31)21-11-10-20(38-25-32-12-3-13-33-25)14-23(21)35(24)19-4-2-5-19/h3,6-14,16,19H,2,4-5H2,1H3,(H,34,36). The summed E-state index contributed by atoms with van der Waals surface area (Å²) in [5.41, 5.74) is 3.04. The van der Waals surface area contributed by atoms with Gasteiger partial charge < -0.3 is 14.0 Å². The van der Waals surface area contributed by atoms with E-state index >= 15 is 0 Å². The molecule has 1 fully saturated rings. The van der Waals surface area contributed by atoms with Crippen LogP contribution in [0.5, 0.6) is 11.8 Å². The lowest BCUT2D eigenvalue weighted by molar-refractivity contribution is -0.196. The number of anilines is 1. The third kappa shape index (κ3) is 4.98. The van der Waals surface area contributed by atoms with Gasteiger partial charge in [-0.15, -0.1) is 0 Å². The summed E-state index contributed by atoms with van der Waals surface area (Å²) in [7, 11) is 0. The maximum Gasteiger partial charge on any atom is 0.425 e. The molecule has 1 aliphatic carbocycles. The van der Waals surface area contributed by atoms with Crippen molar-refractivity contribution in [2.75, 3.05) is 5.32 Å². The van der Waals surface area contributed by atoms with E-state index in [1.54, 1.807) is 48.8 Å². The first-order valence-electron chi connectivity index (χ1n) is 11.9. The van der Waals surface area contributed by atoms with Crippen molar-refractivity contribution < 1.29 is 27.4 Å². The maximum absolute atomic E-state index is 12.7. The van der Waals surface area contributed by atoms with Crippen molar-refractivity contribution in [3.63, 3.8) is 0 Å². The van der Waals surface area contributed by atoms with Crippen molar-refractivity contribution in [3.05, 3.63) is 66.5 Å². The van der Waals surface area contributed by atoms with E-state index in [0.29, 0.717) is 11.3 Å². The zero-order valence-corrected chi connectivity index (χ0v) is 20.2. The molecule has 0 spiro atoms. The molecule has 0 bridgehead atoms. The minimum Gasteiger partial charge on any atom is -0.437 e. The Morgan fingerprint density at radius 1 is 1.16 bits per heavy atom. The van der Waals surface area contributed by atoms with Gasteiger partial charge in [0.05, 0.1) is 16.8 Å². The SMILES string of the molecule is CC(OC(=O)Nc1ccc(-c2c(C#N)c3ccc(Oc4ncccn4)cc3n2C2CCC2)cc1)C(F)(F)F. The zero-order chi connectivity index (χ0) is 26.9. The van der Waals surface area contributed by atoms with Crippen LogP contribution in [0.3, 0.4) is 0 Å². The molecule has 2 aromatic heterocycles. The summed E-state index contributed by atoms with van der Waals surface area (Å²) in [5, 5.41) is 13.2. The average molecular weight is 521 g/mol. The first-order valence-corrected chi connectivity index (χ1v) is 11.9. The molecule has 5 rings (SSSR count). The van der Waals surface area contributed by atoms with Crippen molar-refractivity contribution in [2.45, 2.75) is 44.5 Å². The molecule has 1 saturated carbocycles. The van der Waals surface area contributed by atoms with Crippen LogP contribution in [0.25, 0.3) is 22.2 Å². The topological polar surface area (TPSA) is 102 Å². The van der Waals surface area contributed by atoms with Crippen LogP contribution in [-0.2, 0) is 4.74 Å². The van der Waals surface area contributed by atoms with Crippen LogP contribution in [0.2, 0.25) is 0 Å². The third-order valence-corrected chi connectivity index (χ3v) is 6.43. The van der Waals surface area contributed by atoms with E-state index in [9.17, 15) is 23.2 Å². The molecule has 11 heteroatoms. The number of nitrogens with zero attached hydrogens (tertiary/aromatic N) is 4. The molecule has 0 aliphatic heterocycles. The number of rotatable bonds is 6. The quantitative estimate of drug-likeness (QED) is 0.294. The lowest BCUT2D eigenvalue weighted by Gasteiger charge is -2.30. The molecule has 4 aromatic rings. The predicted octanol–water partition coefficient (Wildman–Crippen LogP) is 6.99. The fourth-order valence-electron chi connectivity index (χ4n) is 4.30. The molecule has 1 aliphatic rings. The number of hydrogen-bond donors (Lipinski definition) is 1. The number of alkyl halides is 3. The fourth-order valence-corrected chi connectivity index (χ4v) is 4.30. The highest BCUT2D eigenvalue weighted by Gasteiger charge is 2.39. The van der Waals surface area contributed by atoms with E-state index in [1.807, 2.05) is 12.1 Å². The molecule has 2 aromatic carbocycles. The van der Waals surface area contributed by atoms with Gasteiger partial charge in [0.1, 0.15) is 11.8 Å². The Morgan fingerprint density at radius 2 is 1.87 bits per heavy atom. The van der Waals surface area contributed by atoms with E-state index in [4.69, 9.17) is 4.74 Å². The van der Waals surface area contributed by atoms with Gasteiger partial charge in [-0.25, -0.2) is 14.8 Å². The number of carbonyl (C=O) groups is 1. The molecular weight excluding hydrogens is 499 g/mol. The normalized spacial score (nSPS) is 14.4. The predicted molar refractivity (Wildman–Crippen MR) is 133 cm³/mol. The number of aromatic nitrogens is 3. The van der Waals surface area contributed by atoms with E-state index in [0.717, 1.165) is 48.3 Å². The second-order valence-electron chi connectivity index (χ2n) is 8.89. The van der Waals surface area contributed by atoms with Crippen LogP contribution >= 0.6 is 0 Å². The Balaban J connectivity index is 1.48. The van der Waals surface area contributed by atoms with Crippen LogP contribution < -0.4 is 10.1 Å². The summed E-state index contributed by atoms with van der Waals surface area (Å²) >= 11 is 0. The van der Waals surface area contributed by atoms with Crippen molar-refractivity contribution >= 4 is 22.7 Å². The minimum absolute atomic E-state index is 0.189. The molecule has 0 radical (unpaired) electrons. The van der Waals surface area contributed by atoms with Crippen molar-refractivity contribution in [2.24, 2.45) is 0 Å². The summed E-state index contributed by atoms with van der Waals surface area (Å²) < 4.78 is 50.4. The molecule has 1 N–H and O–H groups in total. The van der Waals surface area contributed by atoms with Gasteiger partial charge in [0, 0.05) is 35.6 Å². The van der Waals surface area contributed by atoms with Crippen LogP contribution in [0, 0.1) is 11.3 Å². The number of hydrogen-bond acceptors (Lipinski definition) is 6. The van der Waals surface area contributed by atoms with Crippen LogP contribution in [-0.4, -0.2) is 32.9 Å². The number of halogens is 3. The molecular formula is C27H22F3N5O3. The van der Waals surface area contributed by atoms with Crippen molar-refractivity contribution in [3.8, 4) is 29.1 Å². The van der Waals surface area contributed by atoms with Gasteiger partial charge in [-0.3, -0.25) is 5.32 Å². The maximum atomic E-state index is 12.7. The zero-order valence-electron chi connectivity index (χ0n) is 20.2. The van der Waals surface area contributed by atoms with E-state index in [2.05, 4.69) is 30.7 Å². The Kier molecular flexibility index (Phi) is 6.63. The molecule has 194 valence electrons. The summed E-state index contributed by atoms with van der Waals surface area (Å²) in [6.07, 6.45) is -1.95. The van der Waals surface area contributed by atoms with E-state index in [1.165, 1.54) is 0 Å². The van der Waals surface area contributed by atoms with Gasteiger partial charge in [0.15, 0.2) is 6.10 Å². The largest absolute Gasteiger partial charge is 0.437 e. The van der Waals surface area contributed by atoms with E-state index < -0.39 is 18.4 Å². The molecule has 2 heterocycles. The van der Waals surface area contributed by atoms with Gasteiger partial charge in [-0.1, -0.05) is 12.1 Å². The monoisotopic (exact) mass is 521 g/mol. The number of nitriles is 1. The van der Waals surface area contributed by atoms with Crippen molar-refractivity contribution in [1.82, 2.24) is 14.5 Å². The number of carbonyl (C=O) groups excluding carboxylic acids is 1. The first kappa shape index (κ1) is 25.1. The second-order valence-corrected chi connectivity index (χ2v) is 8.89. The Hall–Kier alpha value is -4.59. The summed E-state index contributed by atoms with van der Waals surface area (Å²) in [6, 6.07) is 16.4. The Labute approximate surface area is 215 Å². The van der Waals surface area contributed by atoms with Gasteiger partial charge in [0.2, 0.25) is 0 Å². The second kappa shape index (κ2) is 10.0. The van der Waals surface area contributed by atoms with Gasteiger partial charge in [-0.2, -0.15) is 18.4 Å². The average Bonchev–Trinajstić information content (AvgIpc) is 3.16. The number of ether oxygens (including phenoxy) is 2. The smallest absolute Gasteiger partial charge is 0.425 e. The van der Waals surface area contributed by atoms with Gasteiger partial charge >= 0.3 is 18.3 Å². The lowest BCUT2D eigenvalue weighted by atomic mass is 9.92. The summed E-state index contributed by atoms with van der Waals surface area (Å²) in [6.45, 7) is 0.759. The molecule has 1 unspecified atom stereocenters. The van der Waals surface area contributed by atoms with Crippen LogP contribution in [0.15, 0.2) is 60.9 Å². The van der Waals surface area contributed by atoms with Gasteiger partial charge in [0.25, 0.3) is 0 Å². The minimum atomic E-state index is -4.65. The molecule has 38 heavy (non-hydrogen) atoms. The van der Waals surface area contributed by atoms with Gasteiger partial charge in [-0.05, 0) is 62.1 Å². The highest BCUT2D eigenvalue weighted by Crippen LogP contribution is 2.43. The number of benzene rings is 2. The third-order valence-electron chi connectivity index (χ3n) is 6.43. The molecule has 0 saturated heterocycles. The highest BCUT2D eigenvalue weighted by molar-refractivity contribution is 5.96. The molecule has 1 amide bonds. The first-order chi connectivity index (χ1) is 18.2.